The zero-order valence-corrected chi connectivity index (χ0v) is 11.7. The minimum absolute atomic E-state index is 0.211. The topological polar surface area (TPSA) is 145 Å². The fraction of sp³-hybridized carbons (Fsp3) is 0. The van der Waals surface area contributed by atoms with E-state index in [9.17, 15) is 16.5 Å². The quantitative estimate of drug-likeness (QED) is 0.305. The van der Waals surface area contributed by atoms with Gasteiger partial charge in [-0.25, -0.2) is 0 Å². The van der Waals surface area contributed by atoms with Gasteiger partial charge in [0.2, 0.25) is 0 Å². The molecule has 12 heteroatoms. The van der Waals surface area contributed by atoms with Crippen LogP contribution in [0.1, 0.15) is 0 Å². The van der Waals surface area contributed by atoms with E-state index < -0.39 is 48.4 Å². The van der Waals surface area contributed by atoms with E-state index in [1.54, 1.807) is 0 Å². The molecule has 14 heavy (non-hydrogen) atoms. The monoisotopic (exact) mass is 554 g/mol. The molecule has 0 aromatic rings. The number of primary amides is 2. The van der Waals surface area contributed by atoms with Crippen LogP contribution in [0.5, 0.6) is 0 Å². The molecule has 4 N–H and O–H groups in total. The van der Waals surface area contributed by atoms with Gasteiger partial charge in [-0.3, -0.25) is 0 Å². The molecule has 0 fully saturated rings. The predicted molar refractivity (Wildman–Crippen MR) is 26.4 cm³/mol. The Balaban J connectivity index is 4.13. The molecule has 0 unspecified atom stereocenters. The molecule has 0 aromatic carbocycles. The van der Waals surface area contributed by atoms with Gasteiger partial charge in [0.15, 0.2) is 0 Å². The van der Waals surface area contributed by atoms with Crippen LogP contribution < -0.4 is 11.5 Å². The molecule has 0 spiro atoms. The predicted octanol–water partition coefficient (Wildman–Crippen LogP) is -1.79. The van der Waals surface area contributed by atoms with Gasteiger partial charge in [-0.2, -0.15) is 0 Å². The van der Waals surface area contributed by atoms with Crippen LogP contribution in [-0.2, 0) is 53.3 Å². The van der Waals surface area contributed by atoms with Crippen LogP contribution in [0.15, 0.2) is 0 Å². The molecule has 0 aliphatic heterocycles. The third kappa shape index (κ3) is 4.57. The SMILES string of the molecule is NC(=O)[N](OO[N]([Re]=[O])C(N)=O)[Re]=[O]. The van der Waals surface area contributed by atoms with Gasteiger partial charge in [0.25, 0.3) is 0 Å². The van der Waals surface area contributed by atoms with E-state index in [0.717, 1.165) is 0 Å². The van der Waals surface area contributed by atoms with Gasteiger partial charge in [-0.05, 0) is 0 Å². The average Bonchev–Trinajstić information content (AvgIpc) is 2.11. The third-order valence-electron chi connectivity index (χ3n) is 0.636. The normalized spacial score (nSPS) is 9.43. The molecular weight excluding hydrogens is 548 g/mol. The van der Waals surface area contributed by atoms with E-state index in [2.05, 4.69) is 21.4 Å². The standard InChI is InChI=1S/C2H6N4O4.2O.2Re/c3-1(7)5-9-10-6-2(4)8;;;;/h(H6,3,4,5,6,7,8);;;;/q;;;2*+1/p-2. The van der Waals surface area contributed by atoms with Crippen molar-refractivity contribution in [2.75, 3.05) is 0 Å². The molecule has 0 saturated heterocycles. The van der Waals surface area contributed by atoms with Crippen molar-refractivity contribution in [3.8, 4) is 0 Å². The van der Waals surface area contributed by atoms with E-state index in [4.69, 9.17) is 0 Å². The molecule has 0 aliphatic rings. The number of hydrogen-bond donors (Lipinski definition) is 2. The molecule has 4 amide bonds. The van der Waals surface area contributed by atoms with Gasteiger partial charge in [-0.15, -0.1) is 0 Å². The molecule has 10 nitrogen and oxygen atoms in total. The second-order valence-electron chi connectivity index (χ2n) is 1.45. The zero-order valence-electron chi connectivity index (χ0n) is 6.25. The van der Waals surface area contributed by atoms with Crippen LogP contribution in [0, 0.1) is 0 Å². The fourth-order valence-corrected chi connectivity index (χ4v) is 1.06. The number of carbonyl (C=O) groups is 2. The summed E-state index contributed by atoms with van der Waals surface area (Å²) in [6.07, 6.45) is 0. The van der Waals surface area contributed by atoms with Crippen molar-refractivity contribution in [1.82, 2.24) is 7.39 Å². The number of nitrogens with two attached hydrogens (primary N) is 2. The van der Waals surface area contributed by atoms with Crippen LogP contribution in [0.4, 0.5) is 9.59 Å². The third-order valence-corrected chi connectivity index (χ3v) is 3.14. The summed E-state index contributed by atoms with van der Waals surface area (Å²) in [5.74, 6) is 0. The molecular formula is C2H4N4O6Re2. The number of nitrogens with zero attached hydrogens (tertiary/aromatic N) is 2. The number of carbonyl (C=O) groups excluding carboxylic acids is 2. The first-order valence-electron chi connectivity index (χ1n) is 2.61. The molecule has 0 aromatic heterocycles. The Bertz CT molecular complexity index is 232. The molecule has 0 bridgehead atoms. The van der Waals surface area contributed by atoms with Crippen LogP contribution in [0.2, 0.25) is 0 Å². The summed E-state index contributed by atoms with van der Waals surface area (Å²) in [6.45, 7) is 0. The van der Waals surface area contributed by atoms with E-state index in [1.807, 2.05) is 0 Å². The van der Waals surface area contributed by atoms with Crippen molar-refractivity contribution in [3.05, 3.63) is 0 Å². The molecule has 0 aliphatic carbocycles. The van der Waals surface area contributed by atoms with E-state index in [1.165, 1.54) is 0 Å². The van der Waals surface area contributed by atoms with Crippen molar-refractivity contribution >= 4 is 12.1 Å². The maximum atomic E-state index is 10.4. The van der Waals surface area contributed by atoms with Gasteiger partial charge in [0.1, 0.15) is 0 Å². The van der Waals surface area contributed by atoms with Crippen LogP contribution >= 0.6 is 0 Å². The Hall–Kier alpha value is -0.615. The molecule has 0 radical (unpaired) electrons. The van der Waals surface area contributed by atoms with Crippen LogP contribution in [0.25, 0.3) is 0 Å². The number of urea groups is 2. The summed E-state index contributed by atoms with van der Waals surface area (Å²) in [6, 6.07) is -2.31. The summed E-state index contributed by atoms with van der Waals surface area (Å²) in [7, 11) is 0. The van der Waals surface area contributed by atoms with Crippen molar-refractivity contribution < 1.29 is 62.9 Å². The van der Waals surface area contributed by atoms with Gasteiger partial charge in [0, 0.05) is 0 Å². The summed E-state index contributed by atoms with van der Waals surface area (Å²) in [4.78, 5) is 28.9. The van der Waals surface area contributed by atoms with Crippen LogP contribution in [-0.4, -0.2) is 19.5 Å². The molecule has 0 saturated carbocycles. The van der Waals surface area contributed by atoms with E-state index in [0.29, 0.717) is 0 Å². The van der Waals surface area contributed by atoms with E-state index >= 15 is 0 Å². The van der Waals surface area contributed by atoms with Crippen molar-refractivity contribution in [2.45, 2.75) is 0 Å². The summed E-state index contributed by atoms with van der Waals surface area (Å²) in [5.41, 5.74) is 9.34. The molecule has 0 heterocycles. The van der Waals surface area contributed by atoms with Crippen molar-refractivity contribution in [3.63, 3.8) is 0 Å². The maximum absolute atomic E-state index is 10.4. The fourth-order valence-electron chi connectivity index (χ4n) is 0.223. The first kappa shape index (κ1) is 13.4. The Kier molecular flexibility index (Phi) is 6.48. The van der Waals surface area contributed by atoms with Gasteiger partial charge in [-0.1, -0.05) is 0 Å². The second kappa shape index (κ2) is 6.78. The molecule has 0 atom stereocenters. The average molecular weight is 552 g/mol. The second-order valence-corrected chi connectivity index (χ2v) is 4.65. The Morgan fingerprint density at radius 1 is 0.929 bits per heavy atom. The molecule has 82 valence electrons. The first-order chi connectivity index (χ1) is 6.52. The van der Waals surface area contributed by atoms with Crippen LogP contribution in [0.3, 0.4) is 0 Å². The zero-order chi connectivity index (χ0) is 11.1. The number of rotatable bonds is 5. The Morgan fingerprint density at radius 2 is 1.21 bits per heavy atom. The first-order valence-corrected chi connectivity index (χ1v) is 7.26. The minimum atomic E-state index is -2.41. The van der Waals surface area contributed by atoms with Crippen molar-refractivity contribution in [1.29, 1.82) is 0 Å². The number of hydrogen-bond acceptors (Lipinski definition) is 6. The van der Waals surface area contributed by atoms with Crippen molar-refractivity contribution in [2.24, 2.45) is 11.5 Å². The number of hydroxylamine groups is 2. The Morgan fingerprint density at radius 3 is 1.36 bits per heavy atom. The summed E-state index contributed by atoms with van der Waals surface area (Å²) in [5, 5.41) is 0. The Labute approximate surface area is 93.7 Å². The summed E-state index contributed by atoms with van der Waals surface area (Å²) >= 11 is -4.82. The van der Waals surface area contributed by atoms with Gasteiger partial charge < -0.3 is 0 Å². The molecule has 0 rings (SSSR count). The van der Waals surface area contributed by atoms with Gasteiger partial charge >= 0.3 is 93.8 Å². The van der Waals surface area contributed by atoms with E-state index in [-0.39, 0.29) is 7.39 Å². The van der Waals surface area contributed by atoms with Gasteiger partial charge in [0.05, 0.1) is 0 Å². The summed E-state index contributed by atoms with van der Waals surface area (Å²) < 4.78 is 21.1. The number of amides is 4.